The zero-order chi connectivity index (χ0) is 9.64. The molecule has 0 saturated heterocycles. The van der Waals surface area contributed by atoms with E-state index in [4.69, 9.17) is 4.74 Å². The van der Waals surface area contributed by atoms with Crippen LogP contribution in [0.3, 0.4) is 0 Å². The molecule has 68 valence electrons. The van der Waals surface area contributed by atoms with Crippen molar-refractivity contribution in [3.63, 3.8) is 0 Å². The maximum atomic E-state index is 11.4. The summed E-state index contributed by atoms with van der Waals surface area (Å²) >= 11 is 2.23. The van der Waals surface area contributed by atoms with Crippen LogP contribution in [0.2, 0.25) is 0 Å². The van der Waals surface area contributed by atoms with Crippen molar-refractivity contribution in [2.24, 2.45) is 0 Å². The Morgan fingerprint density at radius 1 is 1.38 bits per heavy atom. The SMILES string of the molecule is CC1(C)OC(=O)c2cccc(I)c21. The molecule has 0 radical (unpaired) electrons. The number of halogens is 1. The predicted octanol–water partition coefficient (Wildman–Crippen LogP) is 2.70. The molecule has 0 bridgehead atoms. The molecular formula is C10H9IO2. The number of hydrogen-bond donors (Lipinski definition) is 0. The molecule has 0 aliphatic carbocycles. The molecule has 1 aliphatic rings. The molecular weight excluding hydrogens is 279 g/mol. The molecule has 0 amide bonds. The average Bonchev–Trinajstić information content (AvgIpc) is 2.24. The van der Waals surface area contributed by atoms with Crippen molar-refractivity contribution < 1.29 is 9.53 Å². The number of benzene rings is 1. The summed E-state index contributed by atoms with van der Waals surface area (Å²) in [5, 5.41) is 0. The largest absolute Gasteiger partial charge is 0.451 e. The Hall–Kier alpha value is -0.580. The molecule has 0 spiro atoms. The predicted molar refractivity (Wildman–Crippen MR) is 57.6 cm³/mol. The Bertz CT molecular complexity index is 383. The number of cyclic esters (lactones) is 1. The summed E-state index contributed by atoms with van der Waals surface area (Å²) in [5.41, 5.74) is 1.25. The van der Waals surface area contributed by atoms with Gasteiger partial charge >= 0.3 is 5.97 Å². The van der Waals surface area contributed by atoms with Crippen LogP contribution < -0.4 is 0 Å². The van der Waals surface area contributed by atoms with Gasteiger partial charge in [-0.2, -0.15) is 0 Å². The maximum absolute atomic E-state index is 11.4. The van der Waals surface area contributed by atoms with Crippen molar-refractivity contribution in [1.29, 1.82) is 0 Å². The summed E-state index contributed by atoms with van der Waals surface area (Å²) in [6.45, 7) is 3.83. The number of esters is 1. The fourth-order valence-electron chi connectivity index (χ4n) is 1.64. The molecule has 0 aromatic heterocycles. The van der Waals surface area contributed by atoms with Gasteiger partial charge in [-0.25, -0.2) is 4.79 Å². The van der Waals surface area contributed by atoms with Crippen LogP contribution in [0.1, 0.15) is 29.8 Å². The number of carbonyl (C=O) groups is 1. The molecule has 3 heteroatoms. The van der Waals surface area contributed by atoms with Crippen molar-refractivity contribution in [3.8, 4) is 0 Å². The highest BCUT2D eigenvalue weighted by atomic mass is 127. The van der Waals surface area contributed by atoms with Gasteiger partial charge in [0.1, 0.15) is 5.60 Å². The van der Waals surface area contributed by atoms with Gasteiger partial charge in [-0.3, -0.25) is 0 Å². The van der Waals surface area contributed by atoms with E-state index >= 15 is 0 Å². The number of fused-ring (bicyclic) bond motifs is 1. The van der Waals surface area contributed by atoms with E-state index < -0.39 is 5.60 Å². The third-order valence-electron chi connectivity index (χ3n) is 2.18. The van der Waals surface area contributed by atoms with Crippen LogP contribution in [0.25, 0.3) is 0 Å². The highest BCUT2D eigenvalue weighted by molar-refractivity contribution is 14.1. The van der Waals surface area contributed by atoms with Gasteiger partial charge in [0.2, 0.25) is 0 Å². The lowest BCUT2D eigenvalue weighted by atomic mass is 9.96. The van der Waals surface area contributed by atoms with Gasteiger partial charge in [0.05, 0.1) is 5.56 Å². The summed E-state index contributed by atoms with van der Waals surface area (Å²) < 4.78 is 6.35. The third-order valence-corrected chi connectivity index (χ3v) is 3.08. The number of ether oxygens (including phenoxy) is 1. The Labute approximate surface area is 90.4 Å². The van der Waals surface area contributed by atoms with E-state index in [1.165, 1.54) is 0 Å². The van der Waals surface area contributed by atoms with Crippen molar-refractivity contribution in [1.82, 2.24) is 0 Å². The zero-order valence-electron chi connectivity index (χ0n) is 7.43. The summed E-state index contributed by atoms with van der Waals surface area (Å²) in [6.07, 6.45) is 0. The zero-order valence-corrected chi connectivity index (χ0v) is 9.58. The van der Waals surface area contributed by atoms with Crippen LogP contribution in [0.15, 0.2) is 18.2 Å². The summed E-state index contributed by atoms with van der Waals surface area (Å²) in [6, 6.07) is 5.68. The first-order valence-corrected chi connectivity index (χ1v) is 5.12. The molecule has 0 atom stereocenters. The van der Waals surface area contributed by atoms with Crippen LogP contribution in [0.5, 0.6) is 0 Å². The fourth-order valence-corrected chi connectivity index (χ4v) is 2.79. The van der Waals surface area contributed by atoms with Crippen LogP contribution >= 0.6 is 22.6 Å². The number of carbonyl (C=O) groups excluding carboxylic acids is 1. The van der Waals surface area contributed by atoms with E-state index in [2.05, 4.69) is 22.6 Å². The van der Waals surface area contributed by atoms with Crippen LogP contribution in [0.4, 0.5) is 0 Å². The highest BCUT2D eigenvalue weighted by Crippen LogP contribution is 2.38. The van der Waals surface area contributed by atoms with E-state index in [0.29, 0.717) is 5.56 Å². The monoisotopic (exact) mass is 288 g/mol. The molecule has 0 N–H and O–H groups in total. The minimum Gasteiger partial charge on any atom is -0.451 e. The first-order valence-electron chi connectivity index (χ1n) is 4.05. The van der Waals surface area contributed by atoms with E-state index in [1.54, 1.807) is 0 Å². The Morgan fingerprint density at radius 3 is 2.69 bits per heavy atom. The van der Waals surface area contributed by atoms with Gasteiger partial charge in [-0.15, -0.1) is 0 Å². The smallest absolute Gasteiger partial charge is 0.339 e. The van der Waals surface area contributed by atoms with E-state index in [1.807, 2.05) is 32.0 Å². The molecule has 0 fully saturated rings. The number of hydrogen-bond acceptors (Lipinski definition) is 2. The lowest BCUT2D eigenvalue weighted by Crippen LogP contribution is -2.17. The van der Waals surface area contributed by atoms with Gasteiger partial charge < -0.3 is 4.74 Å². The van der Waals surface area contributed by atoms with Gasteiger partial charge in [0.15, 0.2) is 0 Å². The van der Waals surface area contributed by atoms with Gasteiger partial charge in [-0.1, -0.05) is 6.07 Å². The van der Waals surface area contributed by atoms with Gasteiger partial charge in [0, 0.05) is 9.13 Å². The van der Waals surface area contributed by atoms with E-state index in [-0.39, 0.29) is 5.97 Å². The molecule has 1 aromatic rings. The van der Waals surface area contributed by atoms with Gasteiger partial charge in [-0.05, 0) is 48.6 Å². The molecule has 1 aromatic carbocycles. The Kier molecular flexibility index (Phi) is 1.87. The van der Waals surface area contributed by atoms with Crippen LogP contribution in [0, 0.1) is 3.57 Å². The number of rotatable bonds is 0. The molecule has 0 saturated carbocycles. The Morgan fingerprint density at radius 2 is 2.08 bits per heavy atom. The Balaban J connectivity index is 2.73. The quantitative estimate of drug-likeness (QED) is 0.542. The van der Waals surface area contributed by atoms with Gasteiger partial charge in [0.25, 0.3) is 0 Å². The molecule has 0 unspecified atom stereocenters. The average molecular weight is 288 g/mol. The van der Waals surface area contributed by atoms with E-state index in [0.717, 1.165) is 9.13 Å². The van der Waals surface area contributed by atoms with Crippen LogP contribution in [-0.2, 0) is 10.3 Å². The maximum Gasteiger partial charge on any atom is 0.339 e. The lowest BCUT2D eigenvalue weighted by molar-refractivity contribution is 0.00932. The third kappa shape index (κ3) is 1.25. The van der Waals surface area contributed by atoms with E-state index in [9.17, 15) is 4.79 Å². The lowest BCUT2D eigenvalue weighted by Gasteiger charge is -2.18. The molecule has 13 heavy (non-hydrogen) atoms. The normalized spacial score (nSPS) is 18.2. The second kappa shape index (κ2) is 2.70. The summed E-state index contributed by atoms with van der Waals surface area (Å²) in [7, 11) is 0. The fraction of sp³-hybridized carbons (Fsp3) is 0.300. The topological polar surface area (TPSA) is 26.3 Å². The van der Waals surface area contributed by atoms with Crippen molar-refractivity contribution in [2.45, 2.75) is 19.4 Å². The van der Waals surface area contributed by atoms with Crippen molar-refractivity contribution in [3.05, 3.63) is 32.9 Å². The highest BCUT2D eigenvalue weighted by Gasteiger charge is 2.38. The second-order valence-electron chi connectivity index (χ2n) is 3.56. The molecule has 1 aliphatic heterocycles. The van der Waals surface area contributed by atoms with Crippen molar-refractivity contribution in [2.75, 3.05) is 0 Å². The van der Waals surface area contributed by atoms with Crippen LogP contribution in [-0.4, -0.2) is 5.97 Å². The molecule has 2 rings (SSSR count). The summed E-state index contributed by atoms with van der Waals surface area (Å²) in [5.74, 6) is -0.210. The second-order valence-corrected chi connectivity index (χ2v) is 4.72. The summed E-state index contributed by atoms with van der Waals surface area (Å²) in [4.78, 5) is 11.4. The first kappa shape index (κ1) is 8.99. The van der Waals surface area contributed by atoms with Crippen molar-refractivity contribution >= 4 is 28.6 Å². The molecule has 1 heterocycles. The minimum absolute atomic E-state index is 0.210. The first-order chi connectivity index (χ1) is 6.02. The molecule has 2 nitrogen and oxygen atoms in total. The standard InChI is InChI=1S/C10H9IO2/c1-10(2)8-6(9(12)13-10)4-3-5-7(8)11/h3-5H,1-2H3. The minimum atomic E-state index is -0.468.